The number of carbonyl (C=O) groups is 1. The highest BCUT2D eigenvalue weighted by Crippen LogP contribution is 2.13. The number of benzene rings is 1. The number of amides is 1. The van der Waals surface area contributed by atoms with E-state index in [1.807, 2.05) is 13.8 Å². The second-order valence-electron chi connectivity index (χ2n) is 4.34. The van der Waals surface area contributed by atoms with Crippen LogP contribution < -0.4 is 15.8 Å². The van der Waals surface area contributed by atoms with Crippen molar-refractivity contribution in [2.45, 2.75) is 32.7 Å². The molecule has 0 saturated carbocycles. The quantitative estimate of drug-likeness (QED) is 0.306. The zero-order valence-corrected chi connectivity index (χ0v) is 11.8. The molecule has 0 radical (unpaired) electrons. The Balaban J connectivity index is 2.76. The van der Waals surface area contributed by atoms with E-state index in [0.717, 1.165) is 6.42 Å². The number of hydrogen-bond donors (Lipinski definition) is 3. The van der Waals surface area contributed by atoms with Gasteiger partial charge in [0.2, 0.25) is 0 Å². The first-order chi connectivity index (χ1) is 9.62. The van der Waals surface area contributed by atoms with Gasteiger partial charge in [0, 0.05) is 5.56 Å². The molecule has 1 amide bonds. The van der Waals surface area contributed by atoms with Crippen LogP contribution in [0.25, 0.3) is 0 Å². The molecule has 0 aliphatic carbocycles. The number of oxime groups is 1. The van der Waals surface area contributed by atoms with Crippen molar-refractivity contribution >= 4 is 11.7 Å². The van der Waals surface area contributed by atoms with Crippen LogP contribution in [-0.4, -0.2) is 29.6 Å². The van der Waals surface area contributed by atoms with Gasteiger partial charge in [-0.2, -0.15) is 0 Å². The van der Waals surface area contributed by atoms with Gasteiger partial charge in [-0.15, -0.1) is 0 Å². The van der Waals surface area contributed by atoms with Crippen LogP contribution in [0.2, 0.25) is 0 Å². The molecular formula is C14H21N3O3. The summed E-state index contributed by atoms with van der Waals surface area (Å²) in [5.41, 5.74) is 5.99. The van der Waals surface area contributed by atoms with E-state index >= 15 is 0 Å². The van der Waals surface area contributed by atoms with Crippen LogP contribution in [0.15, 0.2) is 29.4 Å². The van der Waals surface area contributed by atoms with E-state index in [9.17, 15) is 4.79 Å². The van der Waals surface area contributed by atoms with E-state index in [-0.39, 0.29) is 11.7 Å². The predicted molar refractivity (Wildman–Crippen MR) is 77.2 cm³/mol. The molecule has 0 fully saturated rings. The van der Waals surface area contributed by atoms with Crippen LogP contribution in [0, 0.1) is 0 Å². The highest BCUT2D eigenvalue weighted by molar-refractivity contribution is 5.98. The van der Waals surface area contributed by atoms with E-state index in [0.29, 0.717) is 24.3 Å². The number of nitrogens with one attached hydrogen (secondary N) is 1. The Morgan fingerprint density at radius 2 is 2.25 bits per heavy atom. The van der Waals surface area contributed by atoms with E-state index in [4.69, 9.17) is 15.7 Å². The summed E-state index contributed by atoms with van der Waals surface area (Å²) in [7, 11) is 0. The maximum atomic E-state index is 12.1. The van der Waals surface area contributed by atoms with E-state index < -0.39 is 6.04 Å². The number of nitrogens with zero attached hydrogens (tertiary/aromatic N) is 1. The minimum atomic E-state index is -0.493. The Labute approximate surface area is 118 Å². The second kappa shape index (κ2) is 8.04. The Bertz CT molecular complexity index is 474. The molecule has 1 unspecified atom stereocenters. The Morgan fingerprint density at radius 3 is 2.85 bits per heavy atom. The van der Waals surface area contributed by atoms with Gasteiger partial charge in [0.05, 0.1) is 12.6 Å². The standard InChI is InChI=1S/C14H21N3O3/c1-3-8-20-11-7-5-6-10(9-11)14(18)16-12(4-2)13(15)17-19/h5-7,9,12,19H,3-4,8H2,1-2H3,(H2,15,17)(H,16,18). The van der Waals surface area contributed by atoms with Gasteiger partial charge in [-0.3, -0.25) is 4.79 Å². The summed E-state index contributed by atoms with van der Waals surface area (Å²) < 4.78 is 5.48. The predicted octanol–water partition coefficient (Wildman–Crippen LogP) is 1.73. The third-order valence-corrected chi connectivity index (χ3v) is 2.76. The van der Waals surface area contributed by atoms with Crippen molar-refractivity contribution in [3.63, 3.8) is 0 Å². The average molecular weight is 279 g/mol. The molecule has 1 aromatic rings. The molecule has 4 N–H and O–H groups in total. The molecule has 0 aromatic heterocycles. The molecule has 0 aliphatic heterocycles. The van der Waals surface area contributed by atoms with Gasteiger partial charge in [-0.25, -0.2) is 0 Å². The molecular weight excluding hydrogens is 258 g/mol. The number of nitrogens with two attached hydrogens (primary N) is 1. The molecule has 6 heteroatoms. The first kappa shape index (κ1) is 15.8. The van der Waals surface area contributed by atoms with Crippen molar-refractivity contribution in [1.29, 1.82) is 0 Å². The van der Waals surface area contributed by atoms with Crippen molar-refractivity contribution in [3.05, 3.63) is 29.8 Å². The maximum Gasteiger partial charge on any atom is 0.252 e. The number of ether oxygens (including phenoxy) is 1. The first-order valence-electron chi connectivity index (χ1n) is 6.63. The van der Waals surface area contributed by atoms with E-state index in [1.165, 1.54) is 0 Å². The monoisotopic (exact) mass is 279 g/mol. The molecule has 1 atom stereocenters. The first-order valence-corrected chi connectivity index (χ1v) is 6.63. The van der Waals surface area contributed by atoms with Crippen LogP contribution in [0.3, 0.4) is 0 Å². The number of carbonyl (C=O) groups excluding carboxylic acids is 1. The molecule has 1 aromatic carbocycles. The van der Waals surface area contributed by atoms with E-state index in [1.54, 1.807) is 24.3 Å². The zero-order chi connectivity index (χ0) is 15.0. The molecule has 0 saturated heterocycles. The summed E-state index contributed by atoms with van der Waals surface area (Å²) in [4.78, 5) is 12.1. The zero-order valence-electron chi connectivity index (χ0n) is 11.8. The number of amidine groups is 1. The van der Waals surface area contributed by atoms with Crippen LogP contribution in [-0.2, 0) is 0 Å². The Hall–Kier alpha value is -2.24. The largest absolute Gasteiger partial charge is 0.494 e. The van der Waals surface area contributed by atoms with Crippen molar-refractivity contribution in [2.75, 3.05) is 6.61 Å². The Morgan fingerprint density at radius 1 is 1.50 bits per heavy atom. The van der Waals surface area contributed by atoms with Gasteiger partial charge in [0.15, 0.2) is 5.84 Å². The van der Waals surface area contributed by atoms with Crippen LogP contribution in [0.4, 0.5) is 0 Å². The molecule has 110 valence electrons. The summed E-state index contributed by atoms with van der Waals surface area (Å²) in [6.45, 7) is 4.45. The van der Waals surface area contributed by atoms with Crippen LogP contribution >= 0.6 is 0 Å². The lowest BCUT2D eigenvalue weighted by Gasteiger charge is -2.15. The highest BCUT2D eigenvalue weighted by atomic mass is 16.5. The molecule has 0 heterocycles. The fourth-order valence-corrected chi connectivity index (χ4v) is 1.64. The van der Waals surface area contributed by atoms with Gasteiger partial charge in [-0.05, 0) is 31.0 Å². The van der Waals surface area contributed by atoms with Crippen molar-refractivity contribution in [2.24, 2.45) is 10.9 Å². The minimum absolute atomic E-state index is 0.0146. The van der Waals surface area contributed by atoms with Crippen LogP contribution in [0.5, 0.6) is 5.75 Å². The smallest absolute Gasteiger partial charge is 0.252 e. The fraction of sp³-hybridized carbons (Fsp3) is 0.429. The second-order valence-corrected chi connectivity index (χ2v) is 4.34. The maximum absolute atomic E-state index is 12.1. The number of rotatable bonds is 7. The molecule has 6 nitrogen and oxygen atoms in total. The van der Waals surface area contributed by atoms with Crippen molar-refractivity contribution in [3.8, 4) is 5.75 Å². The van der Waals surface area contributed by atoms with Gasteiger partial charge in [0.25, 0.3) is 5.91 Å². The van der Waals surface area contributed by atoms with Crippen molar-refractivity contribution in [1.82, 2.24) is 5.32 Å². The van der Waals surface area contributed by atoms with Crippen molar-refractivity contribution < 1.29 is 14.7 Å². The summed E-state index contributed by atoms with van der Waals surface area (Å²) >= 11 is 0. The molecule has 0 bridgehead atoms. The third-order valence-electron chi connectivity index (χ3n) is 2.76. The molecule has 0 aliphatic rings. The fourth-order valence-electron chi connectivity index (χ4n) is 1.64. The normalized spacial score (nSPS) is 12.8. The Kier molecular flexibility index (Phi) is 6.36. The van der Waals surface area contributed by atoms with Gasteiger partial charge in [0.1, 0.15) is 5.75 Å². The van der Waals surface area contributed by atoms with E-state index in [2.05, 4.69) is 10.5 Å². The topological polar surface area (TPSA) is 96.9 Å². The number of hydrogen-bond acceptors (Lipinski definition) is 4. The van der Waals surface area contributed by atoms with Gasteiger partial charge < -0.3 is 21.0 Å². The van der Waals surface area contributed by atoms with Crippen LogP contribution in [0.1, 0.15) is 37.0 Å². The lowest BCUT2D eigenvalue weighted by Crippen LogP contribution is -2.44. The molecule has 1 rings (SSSR count). The summed E-state index contributed by atoms with van der Waals surface area (Å²) in [5.74, 6) is 0.348. The lowest BCUT2D eigenvalue weighted by molar-refractivity contribution is 0.0945. The van der Waals surface area contributed by atoms with Gasteiger partial charge in [-0.1, -0.05) is 25.1 Å². The summed E-state index contributed by atoms with van der Waals surface area (Å²) in [6.07, 6.45) is 1.44. The highest BCUT2D eigenvalue weighted by Gasteiger charge is 2.16. The van der Waals surface area contributed by atoms with Gasteiger partial charge >= 0.3 is 0 Å². The lowest BCUT2D eigenvalue weighted by atomic mass is 10.1. The summed E-state index contributed by atoms with van der Waals surface area (Å²) in [6, 6.07) is 6.42. The SMILES string of the molecule is CCCOc1cccc(C(=O)NC(CC)C(N)=NO)c1. The molecule has 0 spiro atoms. The minimum Gasteiger partial charge on any atom is -0.494 e. The molecule has 20 heavy (non-hydrogen) atoms. The summed E-state index contributed by atoms with van der Waals surface area (Å²) in [5, 5.41) is 14.3. The average Bonchev–Trinajstić information content (AvgIpc) is 2.49. The third kappa shape index (κ3) is 4.46.